The van der Waals surface area contributed by atoms with E-state index in [2.05, 4.69) is 20.7 Å². The molecule has 0 saturated heterocycles. The topological polar surface area (TPSA) is 46.2 Å². The summed E-state index contributed by atoms with van der Waals surface area (Å²) in [5.41, 5.74) is 0. The summed E-state index contributed by atoms with van der Waals surface area (Å²) in [5, 5.41) is 0. The number of alkyl halides is 1. The van der Waals surface area contributed by atoms with Crippen molar-refractivity contribution < 1.29 is 8.42 Å². The van der Waals surface area contributed by atoms with Gasteiger partial charge in [0.25, 0.3) is 0 Å². The van der Waals surface area contributed by atoms with Gasteiger partial charge in [-0.1, -0.05) is 22.9 Å². The molecule has 5 heteroatoms. The van der Waals surface area contributed by atoms with Gasteiger partial charge in [-0.25, -0.2) is 13.1 Å². The van der Waals surface area contributed by atoms with E-state index >= 15 is 0 Å². The fraction of sp³-hybridized carbons (Fsp3) is 1.00. The molecular formula is C9H18BrNO2S. The van der Waals surface area contributed by atoms with Gasteiger partial charge in [-0.3, -0.25) is 0 Å². The molecule has 0 aromatic heterocycles. The van der Waals surface area contributed by atoms with Crippen molar-refractivity contribution in [2.24, 2.45) is 5.92 Å². The minimum atomic E-state index is -3.03. The van der Waals surface area contributed by atoms with Crippen LogP contribution in [0.15, 0.2) is 0 Å². The Morgan fingerprint density at radius 1 is 1.43 bits per heavy atom. The number of halogens is 1. The van der Waals surface area contributed by atoms with Gasteiger partial charge >= 0.3 is 0 Å². The van der Waals surface area contributed by atoms with Crippen molar-refractivity contribution in [3.63, 3.8) is 0 Å². The first-order valence-corrected chi connectivity index (χ1v) is 7.60. The molecule has 0 aromatic carbocycles. The lowest BCUT2D eigenvalue weighted by atomic mass is 10.2. The summed E-state index contributed by atoms with van der Waals surface area (Å²) in [5.74, 6) is 0.731. The minimum absolute atomic E-state index is 0.0214. The number of hydrogen-bond acceptors (Lipinski definition) is 2. The lowest BCUT2D eigenvalue weighted by Crippen LogP contribution is -2.35. The second-order valence-electron chi connectivity index (χ2n) is 4.26. The number of rotatable bonds is 6. The summed E-state index contributed by atoms with van der Waals surface area (Å²) in [6.07, 6.45) is 2.97. The van der Waals surface area contributed by atoms with Gasteiger partial charge in [-0.05, 0) is 32.1 Å². The fourth-order valence-electron chi connectivity index (χ4n) is 1.48. The number of hydrogen-bond donors (Lipinski definition) is 1. The van der Waals surface area contributed by atoms with Crippen LogP contribution < -0.4 is 4.72 Å². The van der Waals surface area contributed by atoms with Crippen molar-refractivity contribution in [2.45, 2.75) is 44.0 Å². The Balaban J connectivity index is 2.33. The van der Waals surface area contributed by atoms with Crippen molar-refractivity contribution in [1.29, 1.82) is 0 Å². The third-order valence-electron chi connectivity index (χ3n) is 2.21. The van der Waals surface area contributed by atoms with Crippen LogP contribution in [-0.4, -0.2) is 25.0 Å². The second-order valence-corrected chi connectivity index (χ2v) is 7.62. The predicted octanol–water partition coefficient (Wildman–Crippen LogP) is 1.88. The van der Waals surface area contributed by atoms with E-state index in [1.807, 2.05) is 13.8 Å². The smallest absolute Gasteiger partial charge is 0.212 e. The van der Waals surface area contributed by atoms with E-state index in [4.69, 9.17) is 0 Å². The molecular weight excluding hydrogens is 266 g/mol. The van der Waals surface area contributed by atoms with Crippen LogP contribution in [0.4, 0.5) is 0 Å². The molecule has 0 bridgehead atoms. The van der Waals surface area contributed by atoms with Gasteiger partial charge in [0.15, 0.2) is 0 Å². The van der Waals surface area contributed by atoms with Crippen LogP contribution in [-0.2, 0) is 10.0 Å². The zero-order valence-corrected chi connectivity index (χ0v) is 11.1. The first-order chi connectivity index (χ1) is 6.39. The van der Waals surface area contributed by atoms with Gasteiger partial charge < -0.3 is 0 Å². The zero-order valence-electron chi connectivity index (χ0n) is 8.66. The summed E-state index contributed by atoms with van der Waals surface area (Å²) in [7, 11) is -3.03. The van der Waals surface area contributed by atoms with Gasteiger partial charge in [0, 0.05) is 10.9 Å². The highest BCUT2D eigenvalue weighted by Crippen LogP contribution is 2.30. The maximum atomic E-state index is 11.5. The highest BCUT2D eigenvalue weighted by molar-refractivity contribution is 9.09. The molecule has 2 unspecified atom stereocenters. The Morgan fingerprint density at radius 2 is 2.00 bits per heavy atom. The van der Waals surface area contributed by atoms with Gasteiger partial charge in [-0.2, -0.15) is 0 Å². The maximum absolute atomic E-state index is 11.5. The average Bonchev–Trinajstić information content (AvgIpc) is 2.65. The van der Waals surface area contributed by atoms with Gasteiger partial charge in [0.05, 0.1) is 5.75 Å². The van der Waals surface area contributed by atoms with Crippen molar-refractivity contribution in [3.8, 4) is 0 Å². The first-order valence-electron chi connectivity index (χ1n) is 5.03. The van der Waals surface area contributed by atoms with Crippen LogP contribution in [0.25, 0.3) is 0 Å². The fourth-order valence-corrected chi connectivity index (χ4v) is 3.80. The van der Waals surface area contributed by atoms with E-state index in [-0.39, 0.29) is 6.04 Å². The third-order valence-corrected chi connectivity index (χ3v) is 4.26. The number of sulfonamides is 1. The van der Waals surface area contributed by atoms with Crippen LogP contribution >= 0.6 is 15.9 Å². The van der Waals surface area contributed by atoms with Crippen LogP contribution in [0, 0.1) is 5.92 Å². The van der Waals surface area contributed by atoms with Crippen LogP contribution in [0.2, 0.25) is 0 Å². The number of nitrogens with one attached hydrogen (secondary N) is 1. The molecule has 1 saturated carbocycles. The van der Waals surface area contributed by atoms with E-state index < -0.39 is 10.0 Å². The Hall–Kier alpha value is 0.390. The molecule has 2 atom stereocenters. The van der Waals surface area contributed by atoms with Crippen LogP contribution in [0.1, 0.15) is 33.1 Å². The first kappa shape index (κ1) is 12.5. The van der Waals surface area contributed by atoms with Gasteiger partial charge in [-0.15, -0.1) is 0 Å². The molecule has 1 aliphatic carbocycles. The largest absolute Gasteiger partial charge is 0.212 e. The summed E-state index contributed by atoms with van der Waals surface area (Å²) >= 11 is 3.41. The molecule has 0 radical (unpaired) electrons. The highest BCUT2D eigenvalue weighted by atomic mass is 79.9. The SMILES string of the molecule is CC(Br)CC(C)NS(=O)(=O)CC1CC1. The molecule has 0 amide bonds. The minimum Gasteiger partial charge on any atom is -0.212 e. The van der Waals surface area contributed by atoms with Crippen molar-refractivity contribution >= 4 is 26.0 Å². The molecule has 1 N–H and O–H groups in total. The normalized spacial score (nSPS) is 21.9. The summed E-state index contributed by atoms with van der Waals surface area (Å²) in [4.78, 5) is 0.348. The summed E-state index contributed by atoms with van der Waals surface area (Å²) in [6.45, 7) is 3.92. The van der Waals surface area contributed by atoms with E-state index in [1.165, 1.54) is 0 Å². The van der Waals surface area contributed by atoms with Crippen molar-refractivity contribution in [3.05, 3.63) is 0 Å². The Morgan fingerprint density at radius 3 is 2.43 bits per heavy atom. The molecule has 3 nitrogen and oxygen atoms in total. The lowest BCUT2D eigenvalue weighted by Gasteiger charge is -2.15. The highest BCUT2D eigenvalue weighted by Gasteiger charge is 2.28. The van der Waals surface area contributed by atoms with Crippen LogP contribution in [0.5, 0.6) is 0 Å². The van der Waals surface area contributed by atoms with Crippen molar-refractivity contribution in [1.82, 2.24) is 4.72 Å². The Labute approximate surface area is 94.8 Å². The molecule has 1 rings (SSSR count). The molecule has 0 aromatic rings. The lowest BCUT2D eigenvalue weighted by molar-refractivity contribution is 0.545. The monoisotopic (exact) mass is 283 g/mol. The molecule has 14 heavy (non-hydrogen) atoms. The van der Waals surface area contributed by atoms with Crippen LogP contribution in [0.3, 0.4) is 0 Å². The molecule has 0 spiro atoms. The predicted molar refractivity (Wildman–Crippen MR) is 62.1 cm³/mol. The second kappa shape index (κ2) is 4.94. The maximum Gasteiger partial charge on any atom is 0.212 e. The van der Waals surface area contributed by atoms with E-state index in [0.717, 1.165) is 19.3 Å². The Kier molecular flexibility index (Phi) is 4.40. The van der Waals surface area contributed by atoms with E-state index in [1.54, 1.807) is 0 Å². The van der Waals surface area contributed by atoms with E-state index in [9.17, 15) is 8.42 Å². The Bertz CT molecular complexity index is 273. The zero-order chi connectivity index (χ0) is 10.8. The molecule has 84 valence electrons. The molecule has 1 aliphatic rings. The molecule has 1 fully saturated rings. The van der Waals surface area contributed by atoms with Gasteiger partial charge in [0.2, 0.25) is 10.0 Å². The quantitative estimate of drug-likeness (QED) is 0.757. The third kappa shape index (κ3) is 5.32. The summed E-state index contributed by atoms with van der Waals surface area (Å²) in [6, 6.07) is 0.0214. The standard InChI is InChI=1S/C9H18BrNO2S/c1-7(10)5-8(2)11-14(12,13)6-9-3-4-9/h7-9,11H,3-6H2,1-2H3. The van der Waals surface area contributed by atoms with E-state index in [0.29, 0.717) is 16.5 Å². The molecule has 0 heterocycles. The molecule has 0 aliphatic heterocycles. The van der Waals surface area contributed by atoms with Gasteiger partial charge in [0.1, 0.15) is 0 Å². The van der Waals surface area contributed by atoms with Crippen molar-refractivity contribution in [2.75, 3.05) is 5.75 Å². The average molecular weight is 284 g/mol. The summed E-state index contributed by atoms with van der Waals surface area (Å²) < 4.78 is 25.8.